The van der Waals surface area contributed by atoms with Crippen LogP contribution in [0, 0.1) is 22.7 Å². The standard InChI is InChI=1S/C24H34O8S2/c1-10-13(26)8-24(30)19(32-11(2)25)17-22(5,18(28)16(27)15(10)21(24,3)4)12(20(33)34-6)7-14-23(17,29)9-31-14/h12-14,16-17,19,26-27,29-30H,7-9H2,1-6H3/t12-,13+,14-,16-,17+,19+,22-,23-,24-/m1/s1. The summed E-state index contributed by atoms with van der Waals surface area (Å²) >= 11 is 6.95. The second-order valence-electron chi connectivity index (χ2n) is 11.0. The summed E-state index contributed by atoms with van der Waals surface area (Å²) in [6, 6.07) is 0. The third kappa shape index (κ3) is 3.12. The molecular weight excluding hydrogens is 480 g/mol. The van der Waals surface area contributed by atoms with Crippen LogP contribution in [0.15, 0.2) is 11.1 Å². The first-order valence-electron chi connectivity index (χ1n) is 11.5. The van der Waals surface area contributed by atoms with E-state index in [2.05, 4.69) is 0 Å². The van der Waals surface area contributed by atoms with E-state index in [1.165, 1.54) is 18.7 Å². The Labute approximate surface area is 209 Å². The molecule has 1 saturated heterocycles. The molecule has 9 atom stereocenters. The highest BCUT2D eigenvalue weighted by Gasteiger charge is 2.76. The van der Waals surface area contributed by atoms with Crippen molar-refractivity contribution in [3.05, 3.63) is 11.1 Å². The first-order valence-corrected chi connectivity index (χ1v) is 13.1. The zero-order valence-corrected chi connectivity index (χ0v) is 22.0. The van der Waals surface area contributed by atoms with E-state index in [1.54, 1.807) is 34.0 Å². The molecule has 0 aromatic carbocycles. The molecule has 1 aliphatic heterocycles. The monoisotopic (exact) mass is 514 g/mol. The number of rotatable bonds is 2. The molecule has 2 saturated carbocycles. The first-order chi connectivity index (χ1) is 15.6. The third-order valence-electron chi connectivity index (χ3n) is 9.22. The summed E-state index contributed by atoms with van der Waals surface area (Å²) < 4.78 is 12.0. The molecule has 0 amide bonds. The third-order valence-corrected chi connectivity index (χ3v) is 10.7. The Morgan fingerprint density at radius 2 is 1.85 bits per heavy atom. The molecule has 0 unspecified atom stereocenters. The summed E-state index contributed by atoms with van der Waals surface area (Å²) in [4.78, 5) is 26.7. The molecule has 3 fully saturated rings. The predicted molar refractivity (Wildman–Crippen MR) is 129 cm³/mol. The molecule has 10 heteroatoms. The maximum atomic E-state index is 14.3. The quantitative estimate of drug-likeness (QED) is 0.242. The highest BCUT2D eigenvalue weighted by Crippen LogP contribution is 2.64. The van der Waals surface area contributed by atoms with Crippen LogP contribution in [0.5, 0.6) is 0 Å². The van der Waals surface area contributed by atoms with Gasteiger partial charge >= 0.3 is 5.97 Å². The molecular formula is C24H34O8S2. The van der Waals surface area contributed by atoms with E-state index in [4.69, 9.17) is 21.7 Å². The fourth-order valence-electron chi connectivity index (χ4n) is 7.20. The highest BCUT2D eigenvalue weighted by molar-refractivity contribution is 8.22. The van der Waals surface area contributed by atoms with Gasteiger partial charge in [0.2, 0.25) is 0 Å². The van der Waals surface area contributed by atoms with Crippen LogP contribution in [0.3, 0.4) is 0 Å². The minimum absolute atomic E-state index is 0.113. The smallest absolute Gasteiger partial charge is 0.303 e. The van der Waals surface area contributed by atoms with Gasteiger partial charge in [-0.25, -0.2) is 0 Å². The van der Waals surface area contributed by atoms with Gasteiger partial charge in [0.1, 0.15) is 23.4 Å². The fraction of sp³-hybridized carbons (Fsp3) is 0.792. The van der Waals surface area contributed by atoms with Crippen LogP contribution < -0.4 is 0 Å². The van der Waals surface area contributed by atoms with E-state index in [0.717, 1.165) is 0 Å². The summed E-state index contributed by atoms with van der Waals surface area (Å²) in [7, 11) is 0. The van der Waals surface area contributed by atoms with Crippen LogP contribution >= 0.6 is 24.0 Å². The number of hydrogen-bond donors (Lipinski definition) is 4. The summed E-state index contributed by atoms with van der Waals surface area (Å²) in [5.41, 5.74) is -5.63. The molecule has 0 radical (unpaired) electrons. The largest absolute Gasteiger partial charge is 0.459 e. The number of aliphatic hydroxyl groups excluding tert-OH is 2. The number of aliphatic hydroxyl groups is 4. The Kier molecular flexibility index (Phi) is 6.21. The minimum Gasteiger partial charge on any atom is -0.459 e. The van der Waals surface area contributed by atoms with Gasteiger partial charge in [0.25, 0.3) is 0 Å². The Morgan fingerprint density at radius 1 is 1.24 bits per heavy atom. The van der Waals surface area contributed by atoms with Crippen LogP contribution in [0.4, 0.5) is 0 Å². The van der Waals surface area contributed by atoms with Crippen LogP contribution in [0.1, 0.15) is 47.5 Å². The molecule has 190 valence electrons. The van der Waals surface area contributed by atoms with Gasteiger partial charge in [0, 0.05) is 36.0 Å². The van der Waals surface area contributed by atoms with Gasteiger partial charge in [-0.1, -0.05) is 33.0 Å². The summed E-state index contributed by atoms with van der Waals surface area (Å²) in [5.74, 6) is -2.99. The van der Waals surface area contributed by atoms with Crippen molar-refractivity contribution in [1.82, 2.24) is 0 Å². The SMILES string of the molecule is CSC(=S)[C@H]1C[C@H]2OC[C@]2(O)[C@H]2[C@H](OC(C)=O)[C@]3(O)C[C@H](O)C(C)=C([C@@H](O)C(=O)[C@]12C)C3(C)C. The van der Waals surface area contributed by atoms with Crippen molar-refractivity contribution in [2.45, 2.75) is 83.1 Å². The number of ether oxygens (including phenoxy) is 2. The molecule has 4 rings (SSSR count). The number of carbonyl (C=O) groups excluding carboxylic acids is 2. The summed E-state index contributed by atoms with van der Waals surface area (Å²) in [6.45, 7) is 7.70. The molecule has 34 heavy (non-hydrogen) atoms. The number of fused-ring (bicyclic) bond motifs is 5. The minimum atomic E-state index is -1.90. The average Bonchev–Trinajstić information content (AvgIpc) is 2.73. The number of carbonyl (C=O) groups is 2. The van der Waals surface area contributed by atoms with E-state index in [0.29, 0.717) is 9.77 Å². The van der Waals surface area contributed by atoms with Crippen molar-refractivity contribution in [3.8, 4) is 0 Å². The molecule has 0 aromatic heterocycles. The first kappa shape index (κ1) is 26.2. The number of Topliss-reactive ketones (excluding diaryl/α,β-unsaturated/α-hetero) is 1. The molecule has 0 spiro atoms. The van der Waals surface area contributed by atoms with Crippen LogP contribution in [0.2, 0.25) is 0 Å². The van der Waals surface area contributed by atoms with Gasteiger partial charge in [-0.2, -0.15) is 0 Å². The van der Waals surface area contributed by atoms with Crippen LogP contribution in [0.25, 0.3) is 0 Å². The van der Waals surface area contributed by atoms with Crippen molar-refractivity contribution in [2.24, 2.45) is 22.7 Å². The van der Waals surface area contributed by atoms with E-state index in [1.807, 2.05) is 0 Å². The lowest BCUT2D eigenvalue weighted by Crippen LogP contribution is -2.80. The number of hydrogen-bond acceptors (Lipinski definition) is 10. The lowest BCUT2D eigenvalue weighted by atomic mass is 9.43. The van der Waals surface area contributed by atoms with Crippen LogP contribution in [-0.2, 0) is 19.1 Å². The van der Waals surface area contributed by atoms with E-state index < -0.39 is 70.0 Å². The predicted octanol–water partition coefficient (Wildman–Crippen LogP) is 1.16. The number of esters is 1. The second-order valence-corrected chi connectivity index (χ2v) is 12.6. The van der Waals surface area contributed by atoms with Gasteiger partial charge in [-0.15, -0.1) is 11.8 Å². The molecule has 0 aromatic rings. The van der Waals surface area contributed by atoms with E-state index in [9.17, 15) is 30.0 Å². The summed E-state index contributed by atoms with van der Waals surface area (Å²) in [5, 5.41) is 46.6. The van der Waals surface area contributed by atoms with Gasteiger partial charge in [0.05, 0.1) is 23.0 Å². The van der Waals surface area contributed by atoms with E-state index in [-0.39, 0.29) is 25.0 Å². The van der Waals surface area contributed by atoms with Crippen molar-refractivity contribution in [3.63, 3.8) is 0 Å². The maximum absolute atomic E-state index is 14.3. The Bertz CT molecular complexity index is 978. The zero-order valence-electron chi connectivity index (χ0n) is 20.3. The van der Waals surface area contributed by atoms with Gasteiger partial charge in [-0.3, -0.25) is 9.59 Å². The Morgan fingerprint density at radius 3 is 2.35 bits per heavy atom. The maximum Gasteiger partial charge on any atom is 0.303 e. The topological polar surface area (TPSA) is 134 Å². The molecule has 8 nitrogen and oxygen atoms in total. The van der Waals surface area contributed by atoms with Crippen molar-refractivity contribution >= 4 is 39.9 Å². The van der Waals surface area contributed by atoms with E-state index >= 15 is 0 Å². The fourth-order valence-corrected chi connectivity index (χ4v) is 8.16. The number of thioether (sulfide) groups is 1. The second kappa shape index (κ2) is 8.06. The Hall–Kier alpha value is -0.880. The molecule has 4 N–H and O–H groups in total. The van der Waals surface area contributed by atoms with Crippen LogP contribution in [-0.4, -0.2) is 84.9 Å². The normalized spacial score (nSPS) is 47.5. The zero-order chi connectivity index (χ0) is 25.6. The molecule has 2 bridgehead atoms. The number of ketones is 1. The summed E-state index contributed by atoms with van der Waals surface area (Å²) in [6.07, 6.45) is -3.01. The number of thiocarbonyl (C=S) groups is 1. The average molecular weight is 515 g/mol. The lowest BCUT2D eigenvalue weighted by Gasteiger charge is -2.67. The van der Waals surface area contributed by atoms with Gasteiger partial charge < -0.3 is 29.9 Å². The Balaban J connectivity index is 2.09. The lowest BCUT2D eigenvalue weighted by molar-refractivity contribution is -0.335. The van der Waals surface area contributed by atoms with Gasteiger partial charge in [-0.05, 0) is 30.7 Å². The molecule has 4 aliphatic rings. The van der Waals surface area contributed by atoms with Gasteiger partial charge in [0.15, 0.2) is 5.78 Å². The molecule has 3 aliphatic carbocycles. The molecule has 1 heterocycles. The highest BCUT2D eigenvalue weighted by atomic mass is 32.2. The van der Waals surface area contributed by atoms with Crippen molar-refractivity contribution < 1.29 is 39.5 Å². The van der Waals surface area contributed by atoms with Crippen molar-refractivity contribution in [2.75, 3.05) is 12.9 Å². The van der Waals surface area contributed by atoms with Crippen molar-refractivity contribution in [1.29, 1.82) is 0 Å².